The molecule has 1 unspecified atom stereocenters. The maximum Gasteiger partial charge on any atom is 0.294 e. The molecule has 1 aliphatic rings. The molecule has 1 atom stereocenters. The SMILES string of the molecule is CC(=O)N1c2ccc(-c3ccccc3F)cc2N(C(=O)c2ccco2)CC1C. The number of halogens is 1. The molecule has 142 valence electrons. The monoisotopic (exact) mass is 378 g/mol. The molecule has 5 nitrogen and oxygen atoms in total. The fourth-order valence-electron chi connectivity index (χ4n) is 3.69. The van der Waals surface area contributed by atoms with Gasteiger partial charge < -0.3 is 14.2 Å². The summed E-state index contributed by atoms with van der Waals surface area (Å²) in [6.07, 6.45) is 1.44. The third-order valence-corrected chi connectivity index (χ3v) is 4.91. The summed E-state index contributed by atoms with van der Waals surface area (Å²) in [7, 11) is 0. The van der Waals surface area contributed by atoms with Crippen molar-refractivity contribution < 1.29 is 18.4 Å². The van der Waals surface area contributed by atoms with Crippen molar-refractivity contribution in [3.05, 3.63) is 72.4 Å². The third kappa shape index (κ3) is 2.97. The van der Waals surface area contributed by atoms with Crippen LogP contribution in [0.3, 0.4) is 0 Å². The Balaban J connectivity index is 1.87. The van der Waals surface area contributed by atoms with E-state index in [1.165, 1.54) is 19.3 Å². The molecule has 0 N–H and O–H groups in total. The first-order valence-corrected chi connectivity index (χ1v) is 9.01. The molecule has 0 fully saturated rings. The summed E-state index contributed by atoms with van der Waals surface area (Å²) in [6, 6.07) is 14.8. The molecule has 0 saturated heterocycles. The van der Waals surface area contributed by atoms with Gasteiger partial charge in [-0.25, -0.2) is 4.39 Å². The highest BCUT2D eigenvalue weighted by Crippen LogP contribution is 2.39. The van der Waals surface area contributed by atoms with Crippen LogP contribution in [0.15, 0.2) is 65.3 Å². The van der Waals surface area contributed by atoms with Crippen molar-refractivity contribution in [2.24, 2.45) is 0 Å². The Kier molecular flexibility index (Phi) is 4.47. The predicted molar refractivity (Wildman–Crippen MR) is 105 cm³/mol. The van der Waals surface area contributed by atoms with Crippen LogP contribution in [0.4, 0.5) is 15.8 Å². The third-order valence-electron chi connectivity index (χ3n) is 4.91. The minimum absolute atomic E-state index is 0.113. The number of hydrogen-bond donors (Lipinski definition) is 0. The van der Waals surface area contributed by atoms with E-state index in [-0.39, 0.29) is 29.4 Å². The number of nitrogens with zero attached hydrogens (tertiary/aromatic N) is 2. The first-order chi connectivity index (χ1) is 13.5. The molecule has 0 radical (unpaired) electrons. The molecule has 3 aromatic rings. The van der Waals surface area contributed by atoms with Gasteiger partial charge >= 0.3 is 0 Å². The Bertz CT molecular complexity index is 1050. The Labute approximate surface area is 162 Å². The number of hydrogen-bond acceptors (Lipinski definition) is 3. The van der Waals surface area contributed by atoms with Gasteiger partial charge in [0.25, 0.3) is 5.91 Å². The lowest BCUT2D eigenvalue weighted by molar-refractivity contribution is -0.117. The zero-order valence-corrected chi connectivity index (χ0v) is 15.6. The normalized spacial score (nSPS) is 16.0. The quantitative estimate of drug-likeness (QED) is 0.660. The first-order valence-electron chi connectivity index (χ1n) is 9.01. The molecular weight excluding hydrogens is 359 g/mol. The molecule has 1 aromatic heterocycles. The maximum atomic E-state index is 14.3. The van der Waals surface area contributed by atoms with E-state index in [1.807, 2.05) is 6.92 Å². The van der Waals surface area contributed by atoms with Crippen LogP contribution < -0.4 is 9.80 Å². The molecule has 1 aliphatic heterocycles. The van der Waals surface area contributed by atoms with Crippen LogP contribution in [-0.4, -0.2) is 24.4 Å². The molecular formula is C22H19FN2O3. The average molecular weight is 378 g/mol. The van der Waals surface area contributed by atoms with Gasteiger partial charge in [-0.3, -0.25) is 9.59 Å². The molecule has 28 heavy (non-hydrogen) atoms. The predicted octanol–water partition coefficient (Wildman–Crippen LogP) is 4.49. The first kappa shape index (κ1) is 18.0. The minimum atomic E-state index is -0.348. The van der Waals surface area contributed by atoms with Crippen molar-refractivity contribution in [2.45, 2.75) is 19.9 Å². The number of benzene rings is 2. The molecule has 6 heteroatoms. The molecule has 0 saturated carbocycles. The van der Waals surface area contributed by atoms with Gasteiger partial charge in [0.15, 0.2) is 5.76 Å². The molecule has 2 heterocycles. The van der Waals surface area contributed by atoms with E-state index in [4.69, 9.17) is 4.42 Å². The van der Waals surface area contributed by atoms with Gasteiger partial charge in [-0.05, 0) is 42.8 Å². The zero-order valence-electron chi connectivity index (χ0n) is 15.6. The molecule has 2 aromatic carbocycles. The van der Waals surface area contributed by atoms with Crippen molar-refractivity contribution >= 4 is 23.2 Å². The second-order valence-electron chi connectivity index (χ2n) is 6.81. The molecule has 0 bridgehead atoms. The van der Waals surface area contributed by atoms with E-state index in [9.17, 15) is 14.0 Å². The lowest BCUT2D eigenvalue weighted by atomic mass is 10.00. The zero-order chi connectivity index (χ0) is 19.8. The van der Waals surface area contributed by atoms with Gasteiger partial charge in [0.2, 0.25) is 5.91 Å². The topological polar surface area (TPSA) is 53.8 Å². The summed E-state index contributed by atoms with van der Waals surface area (Å²) in [4.78, 5) is 28.5. The lowest BCUT2D eigenvalue weighted by Gasteiger charge is -2.40. The van der Waals surface area contributed by atoms with Crippen LogP contribution >= 0.6 is 0 Å². The highest BCUT2D eigenvalue weighted by molar-refractivity contribution is 6.10. The molecule has 4 rings (SSSR count). The van der Waals surface area contributed by atoms with Crippen molar-refractivity contribution in [2.75, 3.05) is 16.3 Å². The van der Waals surface area contributed by atoms with Crippen molar-refractivity contribution in [3.8, 4) is 11.1 Å². The van der Waals surface area contributed by atoms with Crippen LogP contribution in [0.1, 0.15) is 24.4 Å². The average Bonchev–Trinajstić information content (AvgIpc) is 3.21. The van der Waals surface area contributed by atoms with E-state index >= 15 is 0 Å². The van der Waals surface area contributed by atoms with Crippen molar-refractivity contribution in [1.29, 1.82) is 0 Å². The summed E-state index contributed by atoms with van der Waals surface area (Å²) >= 11 is 0. The fourth-order valence-corrected chi connectivity index (χ4v) is 3.69. The number of amides is 2. The van der Waals surface area contributed by atoms with Crippen LogP contribution in [0.5, 0.6) is 0 Å². The maximum absolute atomic E-state index is 14.3. The Morgan fingerprint density at radius 2 is 1.86 bits per heavy atom. The summed E-state index contributed by atoms with van der Waals surface area (Å²) in [5.74, 6) is -0.547. The Morgan fingerprint density at radius 1 is 1.07 bits per heavy atom. The van der Waals surface area contributed by atoms with Gasteiger partial charge in [-0.2, -0.15) is 0 Å². The number of furan rings is 1. The Morgan fingerprint density at radius 3 is 2.54 bits per heavy atom. The van der Waals surface area contributed by atoms with Gasteiger partial charge in [0.05, 0.1) is 23.7 Å². The number of carbonyl (C=O) groups excluding carboxylic acids is 2. The van der Waals surface area contributed by atoms with Gasteiger partial charge in [-0.1, -0.05) is 24.3 Å². The smallest absolute Gasteiger partial charge is 0.294 e. The van der Waals surface area contributed by atoms with E-state index in [0.29, 0.717) is 29.0 Å². The fraction of sp³-hybridized carbons (Fsp3) is 0.182. The van der Waals surface area contributed by atoms with Crippen LogP contribution in [0, 0.1) is 5.82 Å². The van der Waals surface area contributed by atoms with Crippen LogP contribution in [-0.2, 0) is 4.79 Å². The van der Waals surface area contributed by atoms with Crippen LogP contribution in [0.2, 0.25) is 0 Å². The van der Waals surface area contributed by atoms with Gasteiger partial charge in [-0.15, -0.1) is 0 Å². The summed E-state index contributed by atoms with van der Waals surface area (Å²) in [6.45, 7) is 3.69. The second-order valence-corrected chi connectivity index (χ2v) is 6.81. The highest BCUT2D eigenvalue weighted by Gasteiger charge is 2.35. The minimum Gasteiger partial charge on any atom is -0.459 e. The summed E-state index contributed by atoms with van der Waals surface area (Å²) < 4.78 is 19.6. The van der Waals surface area contributed by atoms with Crippen LogP contribution in [0.25, 0.3) is 11.1 Å². The summed E-state index contributed by atoms with van der Waals surface area (Å²) in [5.41, 5.74) is 2.23. The molecule has 0 aliphatic carbocycles. The highest BCUT2D eigenvalue weighted by atomic mass is 19.1. The molecule has 2 amide bonds. The van der Waals surface area contributed by atoms with Crippen molar-refractivity contribution in [3.63, 3.8) is 0 Å². The van der Waals surface area contributed by atoms with E-state index in [2.05, 4.69) is 0 Å². The second kappa shape index (κ2) is 6.96. The van der Waals surface area contributed by atoms with Crippen molar-refractivity contribution in [1.82, 2.24) is 0 Å². The number of carbonyl (C=O) groups is 2. The lowest BCUT2D eigenvalue weighted by Crippen LogP contribution is -2.51. The summed E-state index contributed by atoms with van der Waals surface area (Å²) in [5, 5.41) is 0. The van der Waals surface area contributed by atoms with E-state index in [1.54, 1.807) is 58.3 Å². The number of rotatable bonds is 2. The molecule has 0 spiro atoms. The number of anilines is 2. The van der Waals surface area contributed by atoms with Gasteiger partial charge in [0.1, 0.15) is 5.82 Å². The van der Waals surface area contributed by atoms with Gasteiger partial charge in [0, 0.05) is 19.0 Å². The van der Waals surface area contributed by atoms with E-state index in [0.717, 1.165) is 0 Å². The Hall–Kier alpha value is -3.41. The largest absolute Gasteiger partial charge is 0.459 e. The van der Waals surface area contributed by atoms with E-state index < -0.39 is 0 Å². The number of fused-ring (bicyclic) bond motifs is 1. The standard InChI is InChI=1S/C22H19FN2O3/c1-14-13-24(22(27)21-8-5-11-28-21)20-12-16(17-6-3-4-7-18(17)23)9-10-19(20)25(14)15(2)26/h3-12,14H,13H2,1-2H3.